The van der Waals surface area contributed by atoms with Gasteiger partial charge in [0.25, 0.3) is 5.91 Å². The Morgan fingerprint density at radius 1 is 1.15 bits per heavy atom. The molecule has 0 spiro atoms. The minimum absolute atomic E-state index is 0.186. The molecule has 2 atom stereocenters. The van der Waals surface area contributed by atoms with Gasteiger partial charge in [-0.15, -0.1) is 0 Å². The highest BCUT2D eigenvalue weighted by atomic mass is 19.1. The average molecular weight is 449 g/mol. The van der Waals surface area contributed by atoms with Gasteiger partial charge in [-0.25, -0.2) is 13.8 Å². The van der Waals surface area contributed by atoms with Crippen LogP contribution in [0.15, 0.2) is 60.8 Å². The SMILES string of the molecule is Cc1nc2c(OCc3c(F)cccc3F)cccn2c1C(=O)N[C@H]1c2ccccc2C[C@H]1O. The van der Waals surface area contributed by atoms with E-state index in [0.29, 0.717) is 23.5 Å². The van der Waals surface area contributed by atoms with Crippen molar-refractivity contribution in [3.05, 3.63) is 101 Å². The molecule has 8 heteroatoms. The van der Waals surface area contributed by atoms with Crippen LogP contribution in [0.4, 0.5) is 8.78 Å². The van der Waals surface area contributed by atoms with Gasteiger partial charge in [-0.05, 0) is 42.3 Å². The summed E-state index contributed by atoms with van der Waals surface area (Å²) in [6, 6.07) is 14.0. The van der Waals surface area contributed by atoms with Crippen molar-refractivity contribution in [3.63, 3.8) is 0 Å². The summed E-state index contributed by atoms with van der Waals surface area (Å²) in [5, 5.41) is 13.4. The van der Waals surface area contributed by atoms with Gasteiger partial charge in [0.05, 0.1) is 23.4 Å². The van der Waals surface area contributed by atoms with Gasteiger partial charge in [0.1, 0.15) is 23.9 Å². The highest BCUT2D eigenvalue weighted by Crippen LogP contribution is 2.32. The van der Waals surface area contributed by atoms with Crippen LogP contribution in [-0.2, 0) is 13.0 Å². The van der Waals surface area contributed by atoms with Crippen molar-refractivity contribution in [2.45, 2.75) is 32.1 Å². The Labute approximate surface area is 188 Å². The predicted molar refractivity (Wildman–Crippen MR) is 117 cm³/mol. The Bertz CT molecular complexity index is 1350. The number of hydrogen-bond acceptors (Lipinski definition) is 4. The molecule has 1 aliphatic rings. The summed E-state index contributed by atoms with van der Waals surface area (Å²) < 4.78 is 35.2. The lowest BCUT2D eigenvalue weighted by atomic mass is 10.1. The maximum Gasteiger partial charge on any atom is 0.270 e. The molecule has 6 nitrogen and oxygen atoms in total. The summed E-state index contributed by atoms with van der Waals surface area (Å²) in [7, 11) is 0. The molecule has 2 aromatic carbocycles. The fourth-order valence-electron chi connectivity index (χ4n) is 4.32. The molecule has 5 rings (SSSR count). The normalized spacial score (nSPS) is 17.2. The Morgan fingerprint density at radius 3 is 2.70 bits per heavy atom. The molecule has 0 saturated heterocycles. The van der Waals surface area contributed by atoms with Gasteiger partial charge in [-0.1, -0.05) is 30.3 Å². The summed E-state index contributed by atoms with van der Waals surface area (Å²) in [5.74, 6) is -1.50. The molecular weight excluding hydrogens is 428 g/mol. The van der Waals surface area contributed by atoms with E-state index in [1.54, 1.807) is 29.7 Å². The molecule has 0 radical (unpaired) electrons. The van der Waals surface area contributed by atoms with E-state index in [1.165, 1.54) is 18.2 Å². The molecule has 168 valence electrons. The van der Waals surface area contributed by atoms with Crippen molar-refractivity contribution in [3.8, 4) is 5.75 Å². The van der Waals surface area contributed by atoms with Gasteiger partial charge in [-0.3, -0.25) is 9.20 Å². The van der Waals surface area contributed by atoms with Crippen LogP contribution in [0.2, 0.25) is 0 Å². The summed E-state index contributed by atoms with van der Waals surface area (Å²) >= 11 is 0. The maximum atomic E-state index is 14.0. The van der Waals surface area contributed by atoms with Gasteiger partial charge in [-0.2, -0.15) is 0 Å². The number of ether oxygens (including phenoxy) is 1. The van der Waals surface area contributed by atoms with Crippen molar-refractivity contribution in [2.24, 2.45) is 0 Å². The second-order valence-electron chi connectivity index (χ2n) is 8.02. The lowest BCUT2D eigenvalue weighted by Crippen LogP contribution is -2.34. The Balaban J connectivity index is 1.43. The topological polar surface area (TPSA) is 75.9 Å². The van der Waals surface area contributed by atoms with E-state index in [0.717, 1.165) is 11.1 Å². The molecule has 1 amide bonds. The molecule has 0 saturated carbocycles. The van der Waals surface area contributed by atoms with Crippen LogP contribution in [0.25, 0.3) is 5.65 Å². The lowest BCUT2D eigenvalue weighted by Gasteiger charge is -2.18. The van der Waals surface area contributed by atoms with E-state index >= 15 is 0 Å². The average Bonchev–Trinajstić information content (AvgIpc) is 3.29. The fraction of sp³-hybridized carbons (Fsp3) is 0.200. The third kappa shape index (κ3) is 3.72. The van der Waals surface area contributed by atoms with Crippen LogP contribution in [0.5, 0.6) is 5.75 Å². The van der Waals surface area contributed by atoms with Crippen LogP contribution in [-0.4, -0.2) is 26.5 Å². The molecule has 2 aromatic heterocycles. The number of fused-ring (bicyclic) bond motifs is 2. The molecule has 2 heterocycles. The van der Waals surface area contributed by atoms with E-state index in [2.05, 4.69) is 10.3 Å². The van der Waals surface area contributed by atoms with Crippen molar-refractivity contribution >= 4 is 11.6 Å². The standard InChI is InChI=1S/C25H21F2N3O3/c1-14-23(25(32)29-22-16-7-3-2-6-15(16)12-20(22)31)30-11-5-10-21(24(30)28-14)33-13-17-18(26)8-4-9-19(17)27/h2-11,20,22,31H,12-13H2,1H3,(H,29,32)/t20-,22+/m1/s1. The molecule has 4 aromatic rings. The van der Waals surface area contributed by atoms with Crippen molar-refractivity contribution in [1.82, 2.24) is 14.7 Å². The zero-order chi connectivity index (χ0) is 23.1. The van der Waals surface area contributed by atoms with Gasteiger partial charge in [0.15, 0.2) is 11.4 Å². The largest absolute Gasteiger partial charge is 0.485 e. The number of pyridine rings is 1. The molecule has 1 aliphatic carbocycles. The summed E-state index contributed by atoms with van der Waals surface area (Å²) in [5.41, 5.74) is 2.81. The van der Waals surface area contributed by atoms with Crippen LogP contribution in [0, 0.1) is 18.6 Å². The number of nitrogens with zero attached hydrogens (tertiary/aromatic N) is 2. The van der Waals surface area contributed by atoms with Crippen LogP contribution in [0.1, 0.15) is 38.9 Å². The third-order valence-corrected chi connectivity index (χ3v) is 5.93. The molecule has 0 bridgehead atoms. The van der Waals surface area contributed by atoms with Gasteiger partial charge >= 0.3 is 0 Å². The van der Waals surface area contributed by atoms with Gasteiger partial charge in [0.2, 0.25) is 0 Å². The van der Waals surface area contributed by atoms with Crippen LogP contribution in [0.3, 0.4) is 0 Å². The van der Waals surface area contributed by atoms with Crippen molar-refractivity contribution in [1.29, 1.82) is 0 Å². The number of hydrogen-bond donors (Lipinski definition) is 2. The van der Waals surface area contributed by atoms with E-state index in [4.69, 9.17) is 4.74 Å². The lowest BCUT2D eigenvalue weighted by molar-refractivity contribution is 0.0852. The number of benzene rings is 2. The van der Waals surface area contributed by atoms with Crippen LogP contribution < -0.4 is 10.1 Å². The van der Waals surface area contributed by atoms with Crippen molar-refractivity contribution < 1.29 is 23.4 Å². The van der Waals surface area contributed by atoms with Crippen LogP contribution >= 0.6 is 0 Å². The molecule has 0 unspecified atom stereocenters. The number of aryl methyl sites for hydroxylation is 1. The first-order chi connectivity index (χ1) is 15.9. The molecular formula is C25H21F2N3O3. The Hall–Kier alpha value is -3.78. The highest BCUT2D eigenvalue weighted by molar-refractivity contribution is 5.95. The molecule has 33 heavy (non-hydrogen) atoms. The number of aliphatic hydroxyl groups excluding tert-OH is 1. The minimum Gasteiger partial charge on any atom is -0.485 e. The molecule has 0 fully saturated rings. The number of imidazole rings is 1. The first-order valence-corrected chi connectivity index (χ1v) is 10.5. The second kappa shape index (κ2) is 8.29. The quantitative estimate of drug-likeness (QED) is 0.485. The van der Waals surface area contributed by atoms with Gasteiger partial charge < -0.3 is 15.2 Å². The zero-order valence-electron chi connectivity index (χ0n) is 17.8. The van der Waals surface area contributed by atoms with Gasteiger partial charge in [0, 0.05) is 12.6 Å². The number of aliphatic hydroxyl groups is 1. The predicted octanol–water partition coefficient (Wildman–Crippen LogP) is 3.89. The first-order valence-electron chi connectivity index (χ1n) is 10.5. The maximum absolute atomic E-state index is 14.0. The fourth-order valence-corrected chi connectivity index (χ4v) is 4.32. The van der Waals surface area contributed by atoms with E-state index in [1.807, 2.05) is 24.3 Å². The number of carbonyl (C=O) groups excluding carboxylic acids is 1. The number of carbonyl (C=O) groups is 1. The van der Waals surface area contributed by atoms with E-state index in [-0.39, 0.29) is 17.9 Å². The first kappa shape index (κ1) is 21.1. The summed E-state index contributed by atoms with van der Waals surface area (Å²) in [6.07, 6.45) is 1.41. The minimum atomic E-state index is -0.722. The molecule has 0 aliphatic heterocycles. The Kier molecular flexibility index (Phi) is 5.30. The summed E-state index contributed by atoms with van der Waals surface area (Å²) in [6.45, 7) is 1.37. The van der Waals surface area contributed by atoms with Crippen molar-refractivity contribution in [2.75, 3.05) is 0 Å². The highest BCUT2D eigenvalue weighted by Gasteiger charge is 2.33. The number of aromatic nitrogens is 2. The van der Waals surface area contributed by atoms with E-state index < -0.39 is 29.7 Å². The third-order valence-electron chi connectivity index (χ3n) is 5.93. The van der Waals surface area contributed by atoms with E-state index in [9.17, 15) is 18.7 Å². The monoisotopic (exact) mass is 449 g/mol. The Morgan fingerprint density at radius 2 is 1.91 bits per heavy atom. The smallest absolute Gasteiger partial charge is 0.270 e. The number of nitrogens with one attached hydrogen (secondary N) is 1. The summed E-state index contributed by atoms with van der Waals surface area (Å²) in [4.78, 5) is 17.7. The number of amides is 1. The zero-order valence-corrected chi connectivity index (χ0v) is 17.8. The number of halogens is 2. The second-order valence-corrected chi connectivity index (χ2v) is 8.02. The molecule has 2 N–H and O–H groups in total. The number of rotatable bonds is 5.